The van der Waals surface area contributed by atoms with E-state index < -0.39 is 22.8 Å². The van der Waals surface area contributed by atoms with Crippen molar-refractivity contribution in [3.8, 4) is 5.88 Å². The van der Waals surface area contributed by atoms with Crippen molar-refractivity contribution in [2.75, 3.05) is 12.9 Å². The average molecular weight is 283 g/mol. The van der Waals surface area contributed by atoms with Crippen molar-refractivity contribution < 1.29 is 22.8 Å². The van der Waals surface area contributed by atoms with Crippen LogP contribution < -0.4 is 4.18 Å². The molecule has 1 unspecified atom stereocenters. The number of hydrogen-bond donors (Lipinski definition) is 2. The zero-order valence-electron chi connectivity index (χ0n) is 10.1. The lowest BCUT2D eigenvalue weighted by atomic mass is 10.1. The molecule has 1 heterocycles. The summed E-state index contributed by atoms with van der Waals surface area (Å²) in [6.07, 6.45) is -0.155. The number of pyridine rings is 1. The molecule has 1 atom stereocenters. The second kappa shape index (κ2) is 5.12. The third kappa shape index (κ3) is 3.19. The fourth-order valence-corrected chi connectivity index (χ4v) is 2.12. The van der Waals surface area contributed by atoms with Crippen LogP contribution >= 0.6 is 0 Å². The summed E-state index contributed by atoms with van der Waals surface area (Å²) in [5, 5.41) is 19.4. The van der Waals surface area contributed by atoms with Gasteiger partial charge in [-0.1, -0.05) is 18.2 Å². The zero-order valence-corrected chi connectivity index (χ0v) is 11.0. The number of benzene rings is 1. The molecule has 0 aliphatic heterocycles. The highest BCUT2D eigenvalue weighted by Gasteiger charge is 2.13. The van der Waals surface area contributed by atoms with Gasteiger partial charge in [0.15, 0.2) is 0 Å². The van der Waals surface area contributed by atoms with Crippen LogP contribution in [0.2, 0.25) is 0 Å². The van der Waals surface area contributed by atoms with E-state index in [0.29, 0.717) is 16.5 Å². The number of rotatable bonds is 4. The second-order valence-corrected chi connectivity index (χ2v) is 5.63. The van der Waals surface area contributed by atoms with Crippen molar-refractivity contribution in [2.45, 2.75) is 6.10 Å². The summed E-state index contributed by atoms with van der Waals surface area (Å²) < 4.78 is 26.8. The molecule has 0 spiro atoms. The molecule has 2 aromatic rings. The Morgan fingerprint density at radius 1 is 1.32 bits per heavy atom. The Morgan fingerprint density at radius 2 is 2.05 bits per heavy atom. The average Bonchev–Trinajstić information content (AvgIpc) is 2.35. The number of para-hydroxylation sites is 1. The van der Waals surface area contributed by atoms with Gasteiger partial charge in [0.2, 0.25) is 5.88 Å². The molecule has 0 bridgehead atoms. The molecule has 2 N–H and O–H groups in total. The molecule has 7 heteroatoms. The molecule has 1 aromatic carbocycles. The number of fused-ring (bicyclic) bond motifs is 1. The minimum Gasteiger partial charge on any atom is -0.393 e. The first kappa shape index (κ1) is 13.7. The van der Waals surface area contributed by atoms with E-state index in [0.717, 1.165) is 6.26 Å². The van der Waals surface area contributed by atoms with E-state index in [4.69, 9.17) is 9.29 Å². The third-order valence-electron chi connectivity index (χ3n) is 2.49. The van der Waals surface area contributed by atoms with Gasteiger partial charge in [-0.3, -0.25) is 0 Å². The first-order valence-corrected chi connectivity index (χ1v) is 7.30. The van der Waals surface area contributed by atoms with E-state index in [-0.39, 0.29) is 5.88 Å². The van der Waals surface area contributed by atoms with Gasteiger partial charge in [0.25, 0.3) is 0 Å². The largest absolute Gasteiger partial charge is 0.393 e. The van der Waals surface area contributed by atoms with Crippen molar-refractivity contribution >= 4 is 21.0 Å². The maximum absolute atomic E-state index is 11.1. The number of aliphatic hydroxyl groups excluding tert-OH is 2. The van der Waals surface area contributed by atoms with Crippen LogP contribution in [0.25, 0.3) is 10.9 Å². The number of aliphatic hydroxyl groups is 2. The Kier molecular flexibility index (Phi) is 3.70. The van der Waals surface area contributed by atoms with Crippen LogP contribution in [0.3, 0.4) is 0 Å². The van der Waals surface area contributed by atoms with Crippen molar-refractivity contribution in [2.24, 2.45) is 0 Å². The Morgan fingerprint density at radius 3 is 2.68 bits per heavy atom. The van der Waals surface area contributed by atoms with Crippen LogP contribution in [0, 0.1) is 0 Å². The standard InChI is InChI=1S/C12H13NO5S/c1-19(16,17)18-11-6-5-8-3-2-4-9(10(15)7-14)12(8)13-11/h2-6,10,14-15H,7H2,1H3. The highest BCUT2D eigenvalue weighted by atomic mass is 32.2. The van der Waals surface area contributed by atoms with Crippen molar-refractivity contribution in [3.63, 3.8) is 0 Å². The van der Waals surface area contributed by atoms with Gasteiger partial charge in [0, 0.05) is 17.0 Å². The molecule has 2 rings (SSSR count). The fraction of sp³-hybridized carbons (Fsp3) is 0.250. The zero-order chi connectivity index (χ0) is 14.0. The molecule has 0 saturated heterocycles. The van der Waals surface area contributed by atoms with Crippen LogP contribution in [-0.4, -0.2) is 36.5 Å². The summed E-state index contributed by atoms with van der Waals surface area (Å²) in [7, 11) is -3.66. The van der Waals surface area contributed by atoms with E-state index in [1.807, 2.05) is 0 Å². The monoisotopic (exact) mass is 283 g/mol. The molecular formula is C12H13NO5S. The summed E-state index contributed by atoms with van der Waals surface area (Å²) >= 11 is 0. The molecule has 0 amide bonds. The molecule has 1 aromatic heterocycles. The highest BCUT2D eigenvalue weighted by molar-refractivity contribution is 7.86. The minimum absolute atomic E-state index is 0.0763. The summed E-state index contributed by atoms with van der Waals surface area (Å²) in [4.78, 5) is 4.06. The molecule has 0 aliphatic carbocycles. The van der Waals surface area contributed by atoms with Crippen molar-refractivity contribution in [3.05, 3.63) is 35.9 Å². The Labute approximate surface area is 110 Å². The van der Waals surface area contributed by atoms with E-state index in [9.17, 15) is 13.5 Å². The third-order valence-corrected chi connectivity index (χ3v) is 2.97. The second-order valence-electron chi connectivity index (χ2n) is 4.05. The van der Waals surface area contributed by atoms with Gasteiger partial charge >= 0.3 is 10.1 Å². The Hall–Kier alpha value is -1.70. The van der Waals surface area contributed by atoms with E-state index in [2.05, 4.69) is 4.98 Å². The van der Waals surface area contributed by atoms with Gasteiger partial charge in [0.1, 0.15) is 6.10 Å². The smallest absolute Gasteiger partial charge is 0.307 e. The quantitative estimate of drug-likeness (QED) is 0.798. The Balaban J connectivity index is 2.56. The number of aromatic nitrogens is 1. The number of nitrogens with zero attached hydrogens (tertiary/aromatic N) is 1. The Bertz CT molecular complexity index is 698. The maximum atomic E-state index is 11.1. The summed E-state index contributed by atoms with van der Waals surface area (Å²) in [5.74, 6) is -0.0763. The lowest BCUT2D eigenvalue weighted by Crippen LogP contribution is -2.08. The van der Waals surface area contributed by atoms with Gasteiger partial charge in [-0.25, -0.2) is 4.98 Å². The number of hydrogen-bond acceptors (Lipinski definition) is 6. The van der Waals surface area contributed by atoms with Crippen LogP contribution in [-0.2, 0) is 10.1 Å². The summed E-state index contributed by atoms with van der Waals surface area (Å²) in [5.41, 5.74) is 0.809. The molecule has 19 heavy (non-hydrogen) atoms. The van der Waals surface area contributed by atoms with Gasteiger partial charge in [0.05, 0.1) is 18.4 Å². The van der Waals surface area contributed by atoms with Gasteiger partial charge in [-0.2, -0.15) is 8.42 Å². The summed E-state index contributed by atoms with van der Waals surface area (Å²) in [6, 6.07) is 8.16. The molecule has 0 fully saturated rings. The first-order valence-electron chi connectivity index (χ1n) is 5.49. The molecule has 6 nitrogen and oxygen atoms in total. The van der Waals surface area contributed by atoms with Crippen LogP contribution in [0.15, 0.2) is 30.3 Å². The van der Waals surface area contributed by atoms with Crippen LogP contribution in [0.4, 0.5) is 0 Å². The lowest BCUT2D eigenvalue weighted by Gasteiger charge is -2.11. The van der Waals surface area contributed by atoms with Crippen molar-refractivity contribution in [1.29, 1.82) is 0 Å². The van der Waals surface area contributed by atoms with E-state index in [1.165, 1.54) is 6.07 Å². The molecular weight excluding hydrogens is 270 g/mol. The molecule has 102 valence electrons. The lowest BCUT2D eigenvalue weighted by molar-refractivity contribution is 0.0966. The van der Waals surface area contributed by atoms with Gasteiger partial charge in [-0.05, 0) is 6.07 Å². The van der Waals surface area contributed by atoms with E-state index >= 15 is 0 Å². The summed E-state index contributed by atoms with van der Waals surface area (Å²) in [6.45, 7) is -0.446. The topological polar surface area (TPSA) is 96.7 Å². The molecule has 0 aliphatic rings. The molecule has 0 radical (unpaired) electrons. The normalized spacial score (nSPS) is 13.4. The first-order chi connectivity index (χ1) is 8.90. The molecule has 0 saturated carbocycles. The van der Waals surface area contributed by atoms with Crippen LogP contribution in [0.1, 0.15) is 11.7 Å². The highest BCUT2D eigenvalue weighted by Crippen LogP contribution is 2.25. The van der Waals surface area contributed by atoms with E-state index in [1.54, 1.807) is 24.3 Å². The predicted octanol–water partition coefficient (Wildman–Crippen LogP) is 0.599. The minimum atomic E-state index is -3.66. The van der Waals surface area contributed by atoms with Gasteiger partial charge in [-0.15, -0.1) is 0 Å². The van der Waals surface area contributed by atoms with Crippen molar-refractivity contribution in [1.82, 2.24) is 4.98 Å². The maximum Gasteiger partial charge on any atom is 0.307 e. The van der Waals surface area contributed by atoms with Gasteiger partial charge < -0.3 is 14.4 Å². The predicted molar refractivity (Wildman–Crippen MR) is 69.3 cm³/mol. The fourth-order valence-electron chi connectivity index (χ4n) is 1.72. The van der Waals surface area contributed by atoms with Crippen LogP contribution in [0.5, 0.6) is 5.88 Å². The SMILES string of the molecule is CS(=O)(=O)Oc1ccc2cccc(C(O)CO)c2n1.